The highest BCUT2D eigenvalue weighted by molar-refractivity contribution is 8.00. The molecule has 9 nitrogen and oxygen atoms in total. The molecule has 3 aromatic rings. The molecule has 0 aromatic carbocycles. The second-order valence-electron chi connectivity index (χ2n) is 9.50. The summed E-state index contributed by atoms with van der Waals surface area (Å²) in [6.07, 6.45) is 0.861. The Labute approximate surface area is 203 Å². The van der Waals surface area contributed by atoms with Gasteiger partial charge < -0.3 is 9.30 Å². The molecule has 184 valence electrons. The van der Waals surface area contributed by atoms with E-state index in [1.807, 2.05) is 40.7 Å². The Balaban J connectivity index is 2.01. The van der Waals surface area contributed by atoms with Gasteiger partial charge in [-0.25, -0.2) is 14.8 Å². The van der Waals surface area contributed by atoms with E-state index in [1.54, 1.807) is 14.2 Å². The van der Waals surface area contributed by atoms with E-state index in [0.29, 0.717) is 23.0 Å². The van der Waals surface area contributed by atoms with Gasteiger partial charge in [-0.1, -0.05) is 32.5 Å². The van der Waals surface area contributed by atoms with Crippen molar-refractivity contribution in [2.75, 3.05) is 19.5 Å². The van der Waals surface area contributed by atoms with Gasteiger partial charge in [-0.3, -0.25) is 18.7 Å². The fourth-order valence-corrected chi connectivity index (χ4v) is 4.77. The van der Waals surface area contributed by atoms with Gasteiger partial charge in [0.1, 0.15) is 16.2 Å². The molecule has 10 heteroatoms. The molecular formula is C24H33N5O4S. The first-order chi connectivity index (χ1) is 15.9. The summed E-state index contributed by atoms with van der Waals surface area (Å²) in [5, 5.41) is 0.661. The molecule has 0 saturated heterocycles. The van der Waals surface area contributed by atoms with Crippen LogP contribution in [0.15, 0.2) is 20.7 Å². The van der Waals surface area contributed by atoms with Crippen LogP contribution >= 0.6 is 11.8 Å². The van der Waals surface area contributed by atoms with Crippen LogP contribution in [0.3, 0.4) is 0 Å². The molecule has 34 heavy (non-hydrogen) atoms. The van der Waals surface area contributed by atoms with Crippen molar-refractivity contribution in [3.05, 3.63) is 49.7 Å². The third-order valence-electron chi connectivity index (χ3n) is 5.88. The number of rotatable bonds is 8. The molecule has 3 heterocycles. The van der Waals surface area contributed by atoms with E-state index in [9.17, 15) is 14.4 Å². The van der Waals surface area contributed by atoms with Crippen molar-refractivity contribution in [1.29, 1.82) is 0 Å². The molecule has 0 radical (unpaired) electrons. The summed E-state index contributed by atoms with van der Waals surface area (Å²) < 4.78 is 9.67. The van der Waals surface area contributed by atoms with E-state index in [2.05, 4.69) is 14.5 Å². The summed E-state index contributed by atoms with van der Waals surface area (Å²) in [7, 11) is 4.69. The molecule has 0 saturated carbocycles. The number of nitrogens with zero attached hydrogens (tertiary/aromatic N) is 5. The lowest BCUT2D eigenvalue weighted by Crippen LogP contribution is -2.38. The Morgan fingerprint density at radius 1 is 1.12 bits per heavy atom. The standard InChI is InChI=1S/C24H33N5O4S/c1-14-12-16(15(2)29(14)10-9-11-33-8)17(30)13-34-20-18-19(25-22(26-20)24(3,4)5)27(6)23(32)28(7)21(18)31/h12H,9-11,13H2,1-8H3. The summed E-state index contributed by atoms with van der Waals surface area (Å²) in [4.78, 5) is 47.9. The number of fused-ring (bicyclic) bond motifs is 1. The van der Waals surface area contributed by atoms with Crippen LogP contribution in [-0.2, 0) is 30.8 Å². The zero-order chi connectivity index (χ0) is 25.4. The van der Waals surface area contributed by atoms with E-state index < -0.39 is 16.7 Å². The fourth-order valence-electron chi connectivity index (χ4n) is 3.87. The summed E-state index contributed by atoms with van der Waals surface area (Å²) >= 11 is 1.21. The van der Waals surface area contributed by atoms with E-state index in [1.165, 1.54) is 23.4 Å². The predicted octanol–water partition coefficient (Wildman–Crippen LogP) is 2.75. The van der Waals surface area contributed by atoms with Crippen LogP contribution in [0.25, 0.3) is 11.0 Å². The lowest BCUT2D eigenvalue weighted by molar-refractivity contribution is 0.102. The lowest BCUT2D eigenvalue weighted by Gasteiger charge is -2.19. The monoisotopic (exact) mass is 487 g/mol. The first-order valence-electron chi connectivity index (χ1n) is 11.2. The van der Waals surface area contributed by atoms with Crippen molar-refractivity contribution in [3.63, 3.8) is 0 Å². The van der Waals surface area contributed by atoms with Crippen LogP contribution < -0.4 is 11.2 Å². The van der Waals surface area contributed by atoms with Gasteiger partial charge in [0, 0.05) is 56.7 Å². The predicted molar refractivity (Wildman–Crippen MR) is 134 cm³/mol. The number of ketones is 1. The first-order valence-corrected chi connectivity index (χ1v) is 12.2. The van der Waals surface area contributed by atoms with Crippen LogP contribution in [0.2, 0.25) is 0 Å². The summed E-state index contributed by atoms with van der Waals surface area (Å²) in [6.45, 7) is 11.3. The van der Waals surface area contributed by atoms with Gasteiger partial charge in [0.05, 0.1) is 5.75 Å². The highest BCUT2D eigenvalue weighted by atomic mass is 32.2. The zero-order valence-electron chi connectivity index (χ0n) is 21.2. The number of ether oxygens (including phenoxy) is 1. The minimum absolute atomic E-state index is 0.0400. The minimum atomic E-state index is -0.468. The van der Waals surface area contributed by atoms with Gasteiger partial charge in [-0.15, -0.1) is 0 Å². The van der Waals surface area contributed by atoms with Crippen LogP contribution in [0, 0.1) is 13.8 Å². The van der Waals surface area contributed by atoms with Gasteiger partial charge in [0.15, 0.2) is 11.4 Å². The molecule has 0 atom stereocenters. The third-order valence-corrected chi connectivity index (χ3v) is 6.86. The number of Topliss-reactive ketones (excluding diaryl/α,β-unsaturated/α-hetero) is 1. The van der Waals surface area contributed by atoms with Gasteiger partial charge in [0.25, 0.3) is 5.56 Å². The second-order valence-corrected chi connectivity index (χ2v) is 10.5. The molecule has 0 fully saturated rings. The average molecular weight is 488 g/mol. The summed E-state index contributed by atoms with van der Waals surface area (Å²) in [5.74, 6) is 0.584. The normalized spacial score (nSPS) is 12.0. The smallest absolute Gasteiger partial charge is 0.332 e. The number of methoxy groups -OCH3 is 1. The quantitative estimate of drug-likeness (QED) is 0.208. The summed E-state index contributed by atoms with van der Waals surface area (Å²) in [5.41, 5.74) is 1.55. The van der Waals surface area contributed by atoms with Gasteiger partial charge >= 0.3 is 5.69 Å². The van der Waals surface area contributed by atoms with Crippen LogP contribution in [0.4, 0.5) is 0 Å². The number of carbonyl (C=O) groups is 1. The molecule has 3 rings (SSSR count). The lowest BCUT2D eigenvalue weighted by atomic mass is 9.96. The Morgan fingerprint density at radius 2 is 1.79 bits per heavy atom. The Bertz CT molecular complexity index is 1360. The molecular weight excluding hydrogens is 454 g/mol. The van der Waals surface area contributed by atoms with Crippen molar-refractivity contribution < 1.29 is 9.53 Å². The number of carbonyl (C=O) groups excluding carboxylic acids is 1. The van der Waals surface area contributed by atoms with E-state index in [4.69, 9.17) is 4.74 Å². The molecule has 0 amide bonds. The SMILES string of the molecule is COCCCn1c(C)cc(C(=O)CSc2nc(C(C)(C)C)nc3c2c(=O)n(C)c(=O)n3C)c1C. The van der Waals surface area contributed by atoms with Gasteiger partial charge in [-0.2, -0.15) is 0 Å². The Morgan fingerprint density at radius 3 is 2.41 bits per heavy atom. The number of hydrogen-bond donors (Lipinski definition) is 0. The second kappa shape index (κ2) is 9.87. The average Bonchev–Trinajstić information content (AvgIpc) is 3.07. The number of hydrogen-bond acceptors (Lipinski definition) is 7. The molecule has 0 aliphatic carbocycles. The third kappa shape index (κ3) is 4.88. The maximum absolute atomic E-state index is 13.2. The van der Waals surface area contributed by atoms with Crippen molar-refractivity contribution in [2.24, 2.45) is 14.1 Å². The van der Waals surface area contributed by atoms with Crippen molar-refractivity contribution >= 4 is 28.6 Å². The molecule has 3 aromatic heterocycles. The Kier molecular flexibility index (Phi) is 7.52. The highest BCUT2D eigenvalue weighted by Crippen LogP contribution is 2.28. The van der Waals surface area contributed by atoms with Gasteiger partial charge in [0.2, 0.25) is 0 Å². The van der Waals surface area contributed by atoms with Crippen molar-refractivity contribution in [3.8, 4) is 0 Å². The first kappa shape index (κ1) is 25.9. The zero-order valence-corrected chi connectivity index (χ0v) is 22.0. The molecule has 0 bridgehead atoms. The minimum Gasteiger partial charge on any atom is -0.385 e. The van der Waals surface area contributed by atoms with Crippen molar-refractivity contribution in [1.82, 2.24) is 23.7 Å². The number of aryl methyl sites for hydroxylation is 2. The van der Waals surface area contributed by atoms with Crippen LogP contribution in [0.1, 0.15) is 54.8 Å². The van der Waals surface area contributed by atoms with Crippen LogP contribution in [-0.4, -0.2) is 48.9 Å². The fraction of sp³-hybridized carbons (Fsp3) is 0.542. The molecule has 0 aliphatic rings. The summed E-state index contributed by atoms with van der Waals surface area (Å²) in [6, 6.07) is 1.91. The van der Waals surface area contributed by atoms with Crippen LogP contribution in [0.5, 0.6) is 0 Å². The molecule has 0 unspecified atom stereocenters. The molecule has 0 spiro atoms. The number of thioether (sulfide) groups is 1. The largest absolute Gasteiger partial charge is 0.385 e. The maximum Gasteiger partial charge on any atom is 0.332 e. The molecule has 0 N–H and O–H groups in total. The molecule has 0 aliphatic heterocycles. The van der Waals surface area contributed by atoms with Gasteiger partial charge in [-0.05, 0) is 26.3 Å². The van der Waals surface area contributed by atoms with E-state index in [-0.39, 0.29) is 22.6 Å². The van der Waals surface area contributed by atoms with E-state index >= 15 is 0 Å². The number of aromatic nitrogens is 5. The topological polar surface area (TPSA) is 101 Å². The Hall–Kier alpha value is -2.72. The maximum atomic E-state index is 13.2. The van der Waals surface area contributed by atoms with E-state index in [0.717, 1.165) is 28.9 Å². The highest BCUT2D eigenvalue weighted by Gasteiger charge is 2.24. The van der Waals surface area contributed by atoms with Crippen molar-refractivity contribution in [2.45, 2.75) is 58.0 Å².